The van der Waals surface area contributed by atoms with E-state index in [0.717, 1.165) is 51.4 Å². The van der Waals surface area contributed by atoms with Gasteiger partial charge in [-0.2, -0.15) is 0 Å². The van der Waals surface area contributed by atoms with E-state index in [1.54, 1.807) is 0 Å². The molecule has 0 saturated heterocycles. The van der Waals surface area contributed by atoms with Gasteiger partial charge in [-0.3, -0.25) is 4.79 Å². The largest absolute Gasteiger partial charge is 0.481 e. The summed E-state index contributed by atoms with van der Waals surface area (Å²) in [5.41, 5.74) is 0. The number of hydrogen-bond donors (Lipinski definition) is 2. The number of allylic oxidation sites excluding steroid dienone is 1. The summed E-state index contributed by atoms with van der Waals surface area (Å²) in [5.74, 6) is -0.689. The van der Waals surface area contributed by atoms with Crippen molar-refractivity contribution < 1.29 is 15.0 Å². The summed E-state index contributed by atoms with van der Waals surface area (Å²) < 4.78 is 0. The zero-order valence-corrected chi connectivity index (χ0v) is 16.6. The summed E-state index contributed by atoms with van der Waals surface area (Å²) in [6, 6.07) is 0. The molecule has 0 heterocycles. The average Bonchev–Trinajstić information content (AvgIpc) is 2.45. The number of unbranched alkanes of at least 4 members (excludes halogenated alkanes) is 8. The van der Waals surface area contributed by atoms with E-state index in [1.165, 1.54) is 25.7 Å². The van der Waals surface area contributed by atoms with Crippen LogP contribution >= 0.6 is 0 Å². The number of carbonyl (C=O) groups is 1. The van der Waals surface area contributed by atoms with Crippen LogP contribution in [0, 0.1) is 0 Å². The van der Waals surface area contributed by atoms with Gasteiger partial charge >= 0.3 is 5.97 Å². The number of aliphatic hydroxyl groups excluding tert-OH is 1. The van der Waals surface area contributed by atoms with Crippen molar-refractivity contribution in [1.82, 2.24) is 0 Å². The number of rotatable bonds is 15. The third kappa shape index (κ3) is 20.4. The molecule has 1 atom stereocenters. The zero-order valence-electron chi connectivity index (χ0n) is 14.4. The minimum atomic E-state index is -0.689. The summed E-state index contributed by atoms with van der Waals surface area (Å²) in [5, 5.41) is 18.3. The molecule has 0 aliphatic carbocycles. The van der Waals surface area contributed by atoms with Crippen molar-refractivity contribution in [2.45, 2.75) is 96.5 Å². The molecular weight excluding hydrogens is 304 g/mol. The van der Waals surface area contributed by atoms with Gasteiger partial charge < -0.3 is 10.2 Å². The van der Waals surface area contributed by atoms with Gasteiger partial charge in [-0.1, -0.05) is 64.0 Å². The van der Waals surface area contributed by atoms with Crippen LogP contribution in [-0.4, -0.2) is 60.0 Å². The molecule has 0 aliphatic rings. The predicted molar refractivity (Wildman–Crippen MR) is 94.2 cm³/mol. The summed E-state index contributed by atoms with van der Waals surface area (Å²) >= 11 is 0. The normalized spacial score (nSPS) is 12.3. The fourth-order valence-electron chi connectivity index (χ4n) is 2.36. The second-order valence-electron chi connectivity index (χ2n) is 5.91. The van der Waals surface area contributed by atoms with Crippen molar-refractivity contribution in [3.8, 4) is 0 Å². The van der Waals surface area contributed by atoms with E-state index in [1.807, 2.05) is 0 Å². The molecule has 126 valence electrons. The number of aliphatic carboxylic acids is 1. The Hall–Kier alpha value is 0.430. The number of carboxylic acids is 1. The molecule has 0 saturated carbocycles. The van der Waals surface area contributed by atoms with Crippen molar-refractivity contribution in [3.05, 3.63) is 12.2 Å². The van der Waals surface area contributed by atoms with Crippen LogP contribution in [0.25, 0.3) is 0 Å². The first-order chi connectivity index (χ1) is 10.2. The summed E-state index contributed by atoms with van der Waals surface area (Å²) in [6.45, 7) is 2.20. The number of hydrogen-bond acceptors (Lipinski definition) is 2. The van der Waals surface area contributed by atoms with E-state index in [4.69, 9.17) is 5.11 Å². The standard InChI is InChI=1S/C18H34O3.Ca/c1-2-3-4-11-14-17(19)15-12-9-7-5-6-8-10-13-16-18(20)21;/h9,12,17,19H,2-8,10-11,13-16H2,1H3,(H,20,21);/b12-9+;/t17-;/m1./s1. The van der Waals surface area contributed by atoms with Gasteiger partial charge in [-0.25, -0.2) is 0 Å². The molecule has 0 spiro atoms. The summed E-state index contributed by atoms with van der Waals surface area (Å²) in [4.78, 5) is 10.3. The quantitative estimate of drug-likeness (QED) is 0.258. The van der Waals surface area contributed by atoms with Gasteiger partial charge in [0.05, 0.1) is 6.10 Å². The number of carboxylic acid groups (broad SMARTS) is 1. The van der Waals surface area contributed by atoms with Crippen molar-refractivity contribution in [2.75, 3.05) is 0 Å². The molecule has 0 aliphatic heterocycles. The van der Waals surface area contributed by atoms with Crippen LogP contribution in [0.1, 0.15) is 90.4 Å². The Morgan fingerprint density at radius 2 is 1.59 bits per heavy atom. The fourth-order valence-corrected chi connectivity index (χ4v) is 2.36. The van der Waals surface area contributed by atoms with Crippen molar-refractivity contribution in [3.63, 3.8) is 0 Å². The Kier molecular flexibility index (Phi) is 21.8. The van der Waals surface area contributed by atoms with Crippen LogP contribution in [0.15, 0.2) is 12.2 Å². The SMILES string of the molecule is CCCCCC[C@@H](O)C/C=C/CCCCCCCC(=O)O.[Ca]. The third-order valence-corrected chi connectivity index (χ3v) is 3.73. The van der Waals surface area contributed by atoms with E-state index in [9.17, 15) is 9.90 Å². The van der Waals surface area contributed by atoms with Gasteiger partial charge in [0.25, 0.3) is 0 Å². The molecule has 0 rings (SSSR count). The molecule has 3 nitrogen and oxygen atoms in total. The fraction of sp³-hybridized carbons (Fsp3) is 0.833. The van der Waals surface area contributed by atoms with Gasteiger partial charge in [0.2, 0.25) is 0 Å². The molecular formula is C18H34CaO3. The first-order valence-electron chi connectivity index (χ1n) is 8.71. The molecule has 0 aromatic rings. The Morgan fingerprint density at radius 3 is 2.27 bits per heavy atom. The van der Waals surface area contributed by atoms with Crippen LogP contribution in [0.5, 0.6) is 0 Å². The zero-order chi connectivity index (χ0) is 15.8. The maximum atomic E-state index is 10.3. The first kappa shape index (κ1) is 24.7. The van der Waals surface area contributed by atoms with Crippen molar-refractivity contribution in [1.29, 1.82) is 0 Å². The van der Waals surface area contributed by atoms with E-state index < -0.39 is 5.97 Å². The van der Waals surface area contributed by atoms with E-state index in [2.05, 4.69) is 19.1 Å². The van der Waals surface area contributed by atoms with Crippen LogP contribution < -0.4 is 0 Å². The molecule has 22 heavy (non-hydrogen) atoms. The maximum absolute atomic E-state index is 10.3. The van der Waals surface area contributed by atoms with E-state index in [-0.39, 0.29) is 43.8 Å². The molecule has 2 N–H and O–H groups in total. The smallest absolute Gasteiger partial charge is 0.303 e. The third-order valence-electron chi connectivity index (χ3n) is 3.73. The average molecular weight is 339 g/mol. The van der Waals surface area contributed by atoms with Gasteiger partial charge in [-0.05, 0) is 32.1 Å². The van der Waals surface area contributed by atoms with Crippen molar-refractivity contribution in [2.24, 2.45) is 0 Å². The summed E-state index contributed by atoms with van der Waals surface area (Å²) in [7, 11) is 0. The molecule has 0 unspecified atom stereocenters. The molecule has 0 aromatic heterocycles. The number of aliphatic hydroxyl groups is 1. The Morgan fingerprint density at radius 1 is 0.955 bits per heavy atom. The van der Waals surface area contributed by atoms with Gasteiger partial charge in [0.15, 0.2) is 0 Å². The van der Waals surface area contributed by atoms with Crippen LogP contribution in [-0.2, 0) is 4.79 Å². The van der Waals surface area contributed by atoms with Gasteiger partial charge in [0, 0.05) is 44.2 Å². The van der Waals surface area contributed by atoms with Gasteiger partial charge in [0.1, 0.15) is 0 Å². The Bertz CT molecular complexity index is 267. The topological polar surface area (TPSA) is 57.5 Å². The van der Waals surface area contributed by atoms with Crippen LogP contribution in [0.3, 0.4) is 0 Å². The Balaban J connectivity index is 0. The maximum Gasteiger partial charge on any atom is 0.303 e. The molecule has 0 amide bonds. The molecule has 0 fully saturated rings. The monoisotopic (exact) mass is 338 g/mol. The Labute approximate surface area is 166 Å². The summed E-state index contributed by atoms with van der Waals surface area (Å²) in [6.07, 6.45) is 17.4. The second kappa shape index (κ2) is 19.5. The van der Waals surface area contributed by atoms with Crippen LogP contribution in [0.2, 0.25) is 0 Å². The van der Waals surface area contributed by atoms with Crippen LogP contribution in [0.4, 0.5) is 0 Å². The van der Waals surface area contributed by atoms with Crippen molar-refractivity contribution >= 4 is 43.7 Å². The second-order valence-corrected chi connectivity index (χ2v) is 5.91. The first-order valence-corrected chi connectivity index (χ1v) is 8.71. The minimum Gasteiger partial charge on any atom is -0.481 e. The van der Waals surface area contributed by atoms with Gasteiger partial charge in [-0.15, -0.1) is 0 Å². The minimum absolute atomic E-state index is 0. The predicted octanol–water partition coefficient (Wildman–Crippen LogP) is 4.70. The molecule has 2 radical (unpaired) electrons. The van der Waals surface area contributed by atoms with E-state index in [0.29, 0.717) is 6.42 Å². The molecule has 0 bridgehead atoms. The molecule has 4 heteroatoms. The molecule has 0 aromatic carbocycles. The van der Waals surface area contributed by atoms with E-state index >= 15 is 0 Å².